The van der Waals surface area contributed by atoms with Gasteiger partial charge in [-0.15, -0.1) is 0 Å². The van der Waals surface area contributed by atoms with Crippen molar-refractivity contribution in [2.75, 3.05) is 6.54 Å². The number of amides is 1. The zero-order chi connectivity index (χ0) is 21.2. The Labute approximate surface area is 185 Å². The van der Waals surface area contributed by atoms with Crippen LogP contribution in [0, 0.1) is 0 Å². The molecule has 0 N–H and O–H groups in total. The van der Waals surface area contributed by atoms with E-state index in [1.54, 1.807) is 12.4 Å². The third kappa shape index (κ3) is 3.93. The van der Waals surface area contributed by atoms with Gasteiger partial charge in [-0.2, -0.15) is 0 Å². The van der Waals surface area contributed by atoms with Crippen molar-refractivity contribution in [2.45, 2.75) is 31.7 Å². The summed E-state index contributed by atoms with van der Waals surface area (Å²) in [7, 11) is 0. The van der Waals surface area contributed by atoms with Crippen molar-refractivity contribution < 1.29 is 9.21 Å². The summed E-state index contributed by atoms with van der Waals surface area (Å²) < 4.78 is 6.10. The monoisotopic (exact) mass is 431 g/mol. The summed E-state index contributed by atoms with van der Waals surface area (Å²) in [6, 6.07) is 17.3. The predicted molar refractivity (Wildman–Crippen MR) is 120 cm³/mol. The second kappa shape index (κ2) is 8.52. The van der Waals surface area contributed by atoms with Crippen LogP contribution in [0.25, 0.3) is 10.8 Å². The van der Waals surface area contributed by atoms with Crippen LogP contribution in [0.2, 0.25) is 5.02 Å². The van der Waals surface area contributed by atoms with Gasteiger partial charge in [0, 0.05) is 29.6 Å². The molecule has 1 amide bonds. The van der Waals surface area contributed by atoms with Crippen LogP contribution in [0.3, 0.4) is 0 Å². The van der Waals surface area contributed by atoms with Crippen LogP contribution in [-0.2, 0) is 6.42 Å². The lowest BCUT2D eigenvalue weighted by atomic mass is 10.0. The van der Waals surface area contributed by atoms with E-state index in [1.807, 2.05) is 59.5 Å². The summed E-state index contributed by atoms with van der Waals surface area (Å²) in [6.45, 7) is 0.663. The van der Waals surface area contributed by atoms with Gasteiger partial charge in [-0.3, -0.25) is 9.78 Å². The van der Waals surface area contributed by atoms with Crippen molar-refractivity contribution in [1.29, 1.82) is 0 Å². The lowest BCUT2D eigenvalue weighted by Gasteiger charge is -2.33. The molecule has 1 fully saturated rings. The van der Waals surface area contributed by atoms with Gasteiger partial charge in [0.2, 0.25) is 5.89 Å². The minimum atomic E-state index is -0.193. The molecule has 0 saturated carbocycles. The molecule has 1 unspecified atom stereocenters. The van der Waals surface area contributed by atoms with E-state index >= 15 is 0 Å². The van der Waals surface area contributed by atoms with Crippen LogP contribution in [0.15, 0.2) is 71.4 Å². The fourth-order valence-electron chi connectivity index (χ4n) is 4.25. The Hall–Kier alpha value is -3.18. The van der Waals surface area contributed by atoms with Crippen LogP contribution in [0.5, 0.6) is 0 Å². The van der Waals surface area contributed by atoms with E-state index in [9.17, 15) is 4.79 Å². The fraction of sp³-hybridized carbons (Fsp3) is 0.240. The molecule has 2 aromatic heterocycles. The minimum Gasteiger partial charge on any atom is -0.443 e. The second-order valence-corrected chi connectivity index (χ2v) is 8.23. The maximum absolute atomic E-state index is 13.5. The standard InChI is InChI=1S/C25H22ClN3O2/c26-21-10-4-2-8-18(21)15-19-16-28-24(31-19)22-11-5-6-14-29(22)25(30)23-20-9-3-1-7-17(20)12-13-27-23/h1-4,7-10,12-13,16,22H,5-6,11,14-15H2. The molecule has 0 bridgehead atoms. The van der Waals surface area contributed by atoms with E-state index in [-0.39, 0.29) is 11.9 Å². The molecule has 31 heavy (non-hydrogen) atoms. The smallest absolute Gasteiger partial charge is 0.273 e. The number of nitrogens with zero attached hydrogens (tertiary/aromatic N) is 3. The van der Waals surface area contributed by atoms with Crippen molar-refractivity contribution in [3.8, 4) is 0 Å². The van der Waals surface area contributed by atoms with E-state index in [0.717, 1.165) is 41.4 Å². The molecule has 0 aliphatic carbocycles. The summed E-state index contributed by atoms with van der Waals surface area (Å²) in [6.07, 6.45) is 6.81. The largest absolute Gasteiger partial charge is 0.443 e. The number of halogens is 1. The minimum absolute atomic E-state index is 0.0765. The average Bonchev–Trinajstić information content (AvgIpc) is 3.28. The number of piperidine rings is 1. The van der Waals surface area contributed by atoms with Gasteiger partial charge in [0.1, 0.15) is 17.5 Å². The Morgan fingerprint density at radius 2 is 1.90 bits per heavy atom. The lowest BCUT2D eigenvalue weighted by molar-refractivity contribution is 0.0566. The summed E-state index contributed by atoms with van der Waals surface area (Å²) in [5.74, 6) is 1.24. The summed E-state index contributed by atoms with van der Waals surface area (Å²) in [4.78, 5) is 24.3. The zero-order valence-corrected chi connectivity index (χ0v) is 17.8. The molecular formula is C25H22ClN3O2. The number of pyridine rings is 1. The number of hydrogen-bond acceptors (Lipinski definition) is 4. The Balaban J connectivity index is 1.43. The van der Waals surface area contributed by atoms with Gasteiger partial charge >= 0.3 is 0 Å². The van der Waals surface area contributed by atoms with Gasteiger partial charge in [-0.25, -0.2) is 4.98 Å². The SMILES string of the molecule is O=C(c1nccc2ccccc12)N1CCCCC1c1ncc(Cc2ccccc2Cl)o1. The van der Waals surface area contributed by atoms with Crippen molar-refractivity contribution in [3.05, 3.63) is 94.9 Å². The van der Waals surface area contributed by atoms with Crippen molar-refractivity contribution in [2.24, 2.45) is 0 Å². The van der Waals surface area contributed by atoms with Crippen molar-refractivity contribution in [3.63, 3.8) is 0 Å². The number of benzene rings is 2. The Bertz CT molecular complexity index is 1230. The molecule has 3 heterocycles. The highest BCUT2D eigenvalue weighted by Crippen LogP contribution is 2.33. The number of oxazole rings is 1. The number of carbonyl (C=O) groups excluding carboxylic acids is 1. The van der Waals surface area contributed by atoms with Crippen molar-refractivity contribution >= 4 is 28.3 Å². The van der Waals surface area contributed by atoms with Crippen LogP contribution in [0.1, 0.15) is 53.0 Å². The first-order valence-corrected chi connectivity index (χ1v) is 10.9. The van der Waals surface area contributed by atoms with Gasteiger partial charge < -0.3 is 9.32 Å². The Morgan fingerprint density at radius 1 is 1.06 bits per heavy atom. The van der Waals surface area contributed by atoms with E-state index in [4.69, 9.17) is 16.0 Å². The van der Waals surface area contributed by atoms with Crippen molar-refractivity contribution in [1.82, 2.24) is 14.9 Å². The third-order valence-corrected chi connectivity index (χ3v) is 6.19. The van der Waals surface area contributed by atoms with Gasteiger partial charge in [0.25, 0.3) is 5.91 Å². The molecule has 1 saturated heterocycles. The number of hydrogen-bond donors (Lipinski definition) is 0. The van der Waals surface area contributed by atoms with E-state index < -0.39 is 0 Å². The number of rotatable bonds is 4. The number of aromatic nitrogens is 2. The Kier molecular flexibility index (Phi) is 5.43. The zero-order valence-electron chi connectivity index (χ0n) is 17.0. The van der Waals surface area contributed by atoms with Crippen LogP contribution in [-0.4, -0.2) is 27.3 Å². The van der Waals surface area contributed by atoms with Gasteiger partial charge in [-0.05, 0) is 42.3 Å². The molecule has 0 spiro atoms. The third-order valence-electron chi connectivity index (χ3n) is 5.82. The molecule has 1 aliphatic rings. The summed E-state index contributed by atoms with van der Waals surface area (Å²) in [5, 5.41) is 2.58. The predicted octanol–water partition coefficient (Wildman–Crippen LogP) is 5.83. The number of carbonyl (C=O) groups is 1. The van der Waals surface area contributed by atoms with Gasteiger partial charge in [0.15, 0.2) is 0 Å². The quantitative estimate of drug-likeness (QED) is 0.407. The molecule has 1 aliphatic heterocycles. The lowest BCUT2D eigenvalue weighted by Crippen LogP contribution is -2.39. The summed E-state index contributed by atoms with van der Waals surface area (Å²) >= 11 is 6.29. The Morgan fingerprint density at radius 3 is 2.81 bits per heavy atom. The molecule has 5 rings (SSSR count). The highest BCUT2D eigenvalue weighted by atomic mass is 35.5. The maximum atomic E-state index is 13.5. The van der Waals surface area contributed by atoms with Crippen LogP contribution in [0.4, 0.5) is 0 Å². The average molecular weight is 432 g/mol. The molecular weight excluding hydrogens is 410 g/mol. The van der Waals surface area contributed by atoms with E-state index in [1.165, 1.54) is 0 Å². The van der Waals surface area contributed by atoms with Gasteiger partial charge in [0.05, 0.1) is 6.20 Å². The first kappa shape index (κ1) is 19.8. The first-order chi connectivity index (χ1) is 15.2. The fourth-order valence-corrected chi connectivity index (χ4v) is 4.45. The molecule has 156 valence electrons. The molecule has 2 aromatic carbocycles. The highest BCUT2D eigenvalue weighted by Gasteiger charge is 2.33. The second-order valence-electron chi connectivity index (χ2n) is 7.82. The molecule has 0 radical (unpaired) electrons. The van der Waals surface area contributed by atoms with Crippen LogP contribution < -0.4 is 0 Å². The summed E-state index contributed by atoms with van der Waals surface area (Å²) in [5.41, 5.74) is 1.47. The topological polar surface area (TPSA) is 59.2 Å². The molecule has 4 aromatic rings. The number of fused-ring (bicyclic) bond motifs is 1. The first-order valence-electron chi connectivity index (χ1n) is 10.5. The molecule has 6 heteroatoms. The van der Waals surface area contributed by atoms with Gasteiger partial charge in [-0.1, -0.05) is 54.1 Å². The van der Waals surface area contributed by atoms with E-state index in [0.29, 0.717) is 29.6 Å². The van der Waals surface area contributed by atoms with E-state index in [2.05, 4.69) is 9.97 Å². The molecule has 1 atom stereocenters. The maximum Gasteiger partial charge on any atom is 0.273 e. The normalized spacial score (nSPS) is 16.5. The molecule has 5 nitrogen and oxygen atoms in total. The van der Waals surface area contributed by atoms with Crippen LogP contribution >= 0.6 is 11.6 Å². The number of likely N-dealkylation sites (tertiary alicyclic amines) is 1. The highest BCUT2D eigenvalue weighted by molar-refractivity contribution is 6.31.